The van der Waals surface area contributed by atoms with Gasteiger partial charge in [0.2, 0.25) is 0 Å². The average Bonchev–Trinajstić information content (AvgIpc) is 3.47. The molecule has 82 heavy (non-hydrogen) atoms. The van der Waals surface area contributed by atoms with Gasteiger partial charge in [0, 0.05) is 19.3 Å². The zero-order valence-electron chi connectivity index (χ0n) is 51.9. The molecule has 0 aliphatic carbocycles. The predicted molar refractivity (Wildman–Crippen MR) is 357 cm³/mol. The quantitative estimate of drug-likeness (QED) is 0.0261. The smallest absolute Gasteiger partial charge is 0.306 e. The largest absolute Gasteiger partial charge is 0.462 e. The molecule has 0 saturated carbocycles. The molecular weight excluding hydrogens is 1010 g/mol. The number of rotatable bonds is 55. The zero-order chi connectivity index (χ0) is 59.2. The van der Waals surface area contributed by atoms with Gasteiger partial charge in [-0.3, -0.25) is 14.4 Å². The van der Waals surface area contributed by atoms with Gasteiger partial charge in [0.25, 0.3) is 0 Å². The van der Waals surface area contributed by atoms with Crippen LogP contribution in [0.25, 0.3) is 0 Å². The maximum atomic E-state index is 12.9. The highest BCUT2D eigenvalue weighted by atomic mass is 16.6. The second-order valence-corrected chi connectivity index (χ2v) is 20.2. The Kier molecular flexibility index (Phi) is 62.5. The molecule has 6 nitrogen and oxygen atoms in total. The zero-order valence-corrected chi connectivity index (χ0v) is 51.9. The molecule has 0 N–H and O–H groups in total. The summed E-state index contributed by atoms with van der Waals surface area (Å²) in [6.45, 7) is 6.25. The summed E-state index contributed by atoms with van der Waals surface area (Å²) >= 11 is 0. The summed E-state index contributed by atoms with van der Waals surface area (Å²) in [6, 6.07) is 0. The van der Waals surface area contributed by atoms with Crippen molar-refractivity contribution >= 4 is 17.9 Å². The summed E-state index contributed by atoms with van der Waals surface area (Å²) in [4.78, 5) is 38.3. The fraction of sp³-hybridized carbons (Fsp3) is 0.513. The minimum atomic E-state index is -0.853. The van der Waals surface area contributed by atoms with Gasteiger partial charge in [0.1, 0.15) is 13.2 Å². The molecule has 1 atom stereocenters. The number of carbonyl (C=O) groups is 3. The minimum Gasteiger partial charge on any atom is -0.462 e. The Labute approximate surface area is 502 Å². The lowest BCUT2D eigenvalue weighted by Crippen LogP contribution is -2.30. The van der Waals surface area contributed by atoms with Crippen LogP contribution in [0.4, 0.5) is 0 Å². The predicted octanol–water partition coefficient (Wildman–Crippen LogP) is 22.4. The topological polar surface area (TPSA) is 78.9 Å². The highest BCUT2D eigenvalue weighted by molar-refractivity contribution is 5.71. The molecule has 0 aliphatic heterocycles. The summed E-state index contributed by atoms with van der Waals surface area (Å²) < 4.78 is 16.8. The van der Waals surface area contributed by atoms with Crippen LogP contribution in [0, 0.1) is 0 Å². The van der Waals surface area contributed by atoms with Crippen LogP contribution < -0.4 is 0 Å². The van der Waals surface area contributed by atoms with Crippen LogP contribution >= 0.6 is 0 Å². The molecule has 0 fully saturated rings. The molecule has 6 heteroatoms. The molecule has 454 valence electrons. The molecule has 0 rings (SSSR count). The summed E-state index contributed by atoms with van der Waals surface area (Å²) in [6.07, 6.45) is 104. The maximum Gasteiger partial charge on any atom is 0.306 e. The molecule has 0 aromatic rings. The third kappa shape index (κ3) is 64.8. The van der Waals surface area contributed by atoms with Gasteiger partial charge >= 0.3 is 17.9 Å². The average molecular weight is 1120 g/mol. The van der Waals surface area contributed by atoms with E-state index in [4.69, 9.17) is 14.2 Å². The van der Waals surface area contributed by atoms with Crippen molar-refractivity contribution in [2.45, 2.75) is 239 Å². The lowest BCUT2D eigenvalue weighted by molar-refractivity contribution is -0.166. The first-order valence-corrected chi connectivity index (χ1v) is 32.1. The van der Waals surface area contributed by atoms with E-state index in [2.05, 4.69) is 215 Å². The Morgan fingerprint density at radius 3 is 0.805 bits per heavy atom. The number of hydrogen-bond acceptors (Lipinski definition) is 6. The normalized spacial score (nSPS) is 13.5. The van der Waals surface area contributed by atoms with Crippen LogP contribution in [0.3, 0.4) is 0 Å². The third-order valence-corrected chi connectivity index (χ3v) is 12.5. The summed E-state index contributed by atoms with van der Waals surface area (Å²) in [5, 5.41) is 0. The van der Waals surface area contributed by atoms with Gasteiger partial charge in [-0.1, -0.05) is 266 Å². The van der Waals surface area contributed by atoms with E-state index in [1.165, 1.54) is 19.3 Å². The minimum absolute atomic E-state index is 0.138. The lowest BCUT2D eigenvalue weighted by atomic mass is 10.1. The Morgan fingerprint density at radius 2 is 0.500 bits per heavy atom. The summed E-state index contributed by atoms with van der Waals surface area (Å²) in [5.74, 6) is -1.08. The van der Waals surface area contributed by atoms with Gasteiger partial charge in [0.15, 0.2) is 6.10 Å². The van der Waals surface area contributed by atoms with Crippen LogP contribution in [0.15, 0.2) is 207 Å². The second kappa shape index (κ2) is 67.5. The highest BCUT2D eigenvalue weighted by Gasteiger charge is 2.19. The Balaban J connectivity index is 4.54. The fourth-order valence-electron chi connectivity index (χ4n) is 7.77. The van der Waals surface area contributed by atoms with Crippen molar-refractivity contribution < 1.29 is 28.6 Å². The van der Waals surface area contributed by atoms with Crippen molar-refractivity contribution in [2.75, 3.05) is 13.2 Å². The van der Waals surface area contributed by atoms with Crippen molar-refractivity contribution in [1.82, 2.24) is 0 Å². The first-order valence-electron chi connectivity index (χ1n) is 32.1. The number of carbonyl (C=O) groups excluding carboxylic acids is 3. The van der Waals surface area contributed by atoms with Gasteiger partial charge in [-0.05, 0) is 154 Å². The van der Waals surface area contributed by atoms with Crippen LogP contribution in [-0.4, -0.2) is 37.2 Å². The monoisotopic (exact) mass is 1120 g/mol. The van der Waals surface area contributed by atoms with E-state index in [1.54, 1.807) is 0 Å². The molecular formula is C76H114O6. The molecule has 1 unspecified atom stereocenters. The summed E-state index contributed by atoms with van der Waals surface area (Å²) in [5.41, 5.74) is 0. The first-order chi connectivity index (χ1) is 40.5. The van der Waals surface area contributed by atoms with Gasteiger partial charge in [-0.25, -0.2) is 0 Å². The van der Waals surface area contributed by atoms with E-state index in [1.807, 2.05) is 12.2 Å². The van der Waals surface area contributed by atoms with E-state index in [-0.39, 0.29) is 38.0 Å². The van der Waals surface area contributed by atoms with E-state index < -0.39 is 12.1 Å². The van der Waals surface area contributed by atoms with Gasteiger partial charge in [-0.15, -0.1) is 0 Å². The molecule has 0 saturated heterocycles. The number of ether oxygens (including phenoxy) is 3. The first kappa shape index (κ1) is 76.0. The van der Waals surface area contributed by atoms with Crippen molar-refractivity contribution in [3.05, 3.63) is 207 Å². The number of unbranched alkanes of at least 4 members (excludes halogenated alkanes) is 10. The maximum absolute atomic E-state index is 12.9. The SMILES string of the molecule is CC/C=C\C/C=C\C/C=C\C/C=C\C/C=C\C/C=C\C/C=C\C/C=C\C/C=C\CCCCCC(=O)OCC(COC(=O)CCCCCCC/C=C\C/C=C\CCCC)OC(=O)CC/C=C\C/C=C\C/C=C\C/C=C\C/C=C\C/C=C\CC. The van der Waals surface area contributed by atoms with E-state index in [0.717, 1.165) is 167 Å². The molecule has 0 aromatic heterocycles. The second-order valence-electron chi connectivity index (χ2n) is 20.2. The Bertz CT molecular complexity index is 2020. The van der Waals surface area contributed by atoms with Crippen molar-refractivity contribution in [3.8, 4) is 0 Å². The Hall–Kier alpha value is -6.01. The lowest BCUT2D eigenvalue weighted by Gasteiger charge is -2.18. The van der Waals surface area contributed by atoms with Crippen LogP contribution in [-0.2, 0) is 28.6 Å². The highest BCUT2D eigenvalue weighted by Crippen LogP contribution is 2.12. The molecule has 0 heterocycles. The fourth-order valence-corrected chi connectivity index (χ4v) is 7.77. The third-order valence-electron chi connectivity index (χ3n) is 12.5. The van der Waals surface area contributed by atoms with Crippen LogP contribution in [0.1, 0.15) is 233 Å². The molecule has 0 spiro atoms. The molecule has 0 radical (unpaired) electrons. The molecule has 0 aliphatic rings. The van der Waals surface area contributed by atoms with E-state index in [9.17, 15) is 14.4 Å². The van der Waals surface area contributed by atoms with Crippen LogP contribution in [0.5, 0.6) is 0 Å². The molecule has 0 amide bonds. The van der Waals surface area contributed by atoms with E-state index >= 15 is 0 Å². The molecule has 0 aromatic carbocycles. The van der Waals surface area contributed by atoms with Crippen molar-refractivity contribution in [1.29, 1.82) is 0 Å². The standard InChI is InChI=1S/C76H114O6/c1-4-7-10-13-16-19-22-25-28-30-32-33-34-35-36-37-38-39-40-41-42-43-45-46-48-51-54-57-60-63-66-69-75(78)81-72-73(71-80-74(77)68-65-62-59-56-53-50-27-24-21-18-15-12-9-6-3)82-76(79)70-67-64-61-58-55-52-49-47-44-31-29-26-23-20-17-14-11-8-5-2/h7-8,10-11,15-20,24-29,32-33,35-36,38-39,41-42,44-47,51-52,54-55,61,64,73H,4-6,9,12-14,21-23,30-31,34,37,40,43,48-50,53,56-60,62-63,65-72H2,1-3H3/b10-7-,11-8-,18-15-,19-16-,20-17-,27-24-,28-25-,29-26-,33-32-,36-35-,39-38-,42-41-,46-45-,47-44-,54-51-,55-52-,64-61-. The summed E-state index contributed by atoms with van der Waals surface area (Å²) in [7, 11) is 0. The van der Waals surface area contributed by atoms with Gasteiger partial charge in [-0.2, -0.15) is 0 Å². The van der Waals surface area contributed by atoms with E-state index in [0.29, 0.717) is 12.8 Å². The van der Waals surface area contributed by atoms with Crippen LogP contribution in [0.2, 0.25) is 0 Å². The number of allylic oxidation sites excluding steroid dienone is 34. The number of hydrogen-bond donors (Lipinski definition) is 0. The van der Waals surface area contributed by atoms with Crippen molar-refractivity contribution in [2.24, 2.45) is 0 Å². The van der Waals surface area contributed by atoms with Crippen molar-refractivity contribution in [3.63, 3.8) is 0 Å². The number of esters is 3. The molecule has 0 bridgehead atoms. The van der Waals surface area contributed by atoms with Gasteiger partial charge in [0.05, 0.1) is 0 Å². The van der Waals surface area contributed by atoms with Gasteiger partial charge < -0.3 is 14.2 Å². The Morgan fingerprint density at radius 1 is 0.256 bits per heavy atom.